The van der Waals surface area contributed by atoms with Crippen LogP contribution in [0.15, 0.2) is 30.3 Å². The SMILES string of the molecule is CONC(=O)c1c(C)nc(OC)c(OC)c1-c1ccccc1. The van der Waals surface area contributed by atoms with Crippen LogP contribution in [0.25, 0.3) is 11.1 Å². The Hall–Kier alpha value is -2.60. The molecule has 22 heavy (non-hydrogen) atoms. The van der Waals surface area contributed by atoms with Gasteiger partial charge in [0.05, 0.1) is 32.6 Å². The molecule has 1 aromatic carbocycles. The molecule has 1 heterocycles. The third-order valence-corrected chi connectivity index (χ3v) is 3.18. The number of hydrogen-bond donors (Lipinski definition) is 1. The highest BCUT2D eigenvalue weighted by Gasteiger charge is 2.25. The minimum atomic E-state index is -0.396. The fraction of sp³-hybridized carbons (Fsp3) is 0.250. The van der Waals surface area contributed by atoms with Gasteiger partial charge in [0.1, 0.15) is 0 Å². The quantitative estimate of drug-likeness (QED) is 0.859. The van der Waals surface area contributed by atoms with Gasteiger partial charge in [0, 0.05) is 5.56 Å². The van der Waals surface area contributed by atoms with E-state index in [1.165, 1.54) is 21.3 Å². The number of ether oxygens (including phenoxy) is 2. The van der Waals surface area contributed by atoms with Crippen LogP contribution in [0.2, 0.25) is 0 Å². The lowest BCUT2D eigenvalue weighted by molar-refractivity contribution is 0.0537. The van der Waals surface area contributed by atoms with E-state index >= 15 is 0 Å². The molecule has 0 radical (unpaired) electrons. The molecule has 6 nitrogen and oxygen atoms in total. The molecule has 0 fully saturated rings. The Balaban J connectivity index is 2.79. The maximum atomic E-state index is 12.4. The maximum Gasteiger partial charge on any atom is 0.277 e. The molecule has 1 aromatic heterocycles. The minimum absolute atomic E-state index is 0.327. The van der Waals surface area contributed by atoms with Gasteiger partial charge in [-0.2, -0.15) is 0 Å². The molecule has 0 saturated carbocycles. The highest BCUT2D eigenvalue weighted by Crippen LogP contribution is 2.40. The molecule has 116 valence electrons. The largest absolute Gasteiger partial charge is 0.491 e. The van der Waals surface area contributed by atoms with Gasteiger partial charge in [-0.25, -0.2) is 10.5 Å². The van der Waals surface area contributed by atoms with Crippen LogP contribution in [0, 0.1) is 6.92 Å². The van der Waals surface area contributed by atoms with E-state index in [0.29, 0.717) is 28.5 Å². The monoisotopic (exact) mass is 302 g/mol. The number of nitrogens with zero attached hydrogens (tertiary/aromatic N) is 1. The van der Waals surface area contributed by atoms with Gasteiger partial charge in [-0.15, -0.1) is 0 Å². The molecule has 0 saturated heterocycles. The second-order valence-electron chi connectivity index (χ2n) is 4.49. The Kier molecular flexibility index (Phi) is 4.95. The summed E-state index contributed by atoms with van der Waals surface area (Å²) in [6.07, 6.45) is 0. The van der Waals surface area contributed by atoms with Gasteiger partial charge in [0.25, 0.3) is 11.8 Å². The molecule has 0 bridgehead atoms. The lowest BCUT2D eigenvalue weighted by Gasteiger charge is -2.18. The van der Waals surface area contributed by atoms with E-state index < -0.39 is 5.91 Å². The molecule has 1 amide bonds. The predicted molar refractivity (Wildman–Crippen MR) is 82.0 cm³/mol. The summed E-state index contributed by atoms with van der Waals surface area (Å²) in [4.78, 5) is 21.4. The van der Waals surface area contributed by atoms with Gasteiger partial charge in [-0.3, -0.25) is 9.63 Å². The summed E-state index contributed by atoms with van der Waals surface area (Å²) >= 11 is 0. The number of carbonyl (C=O) groups excluding carboxylic acids is 1. The number of pyridine rings is 1. The molecule has 2 rings (SSSR count). The normalized spacial score (nSPS) is 10.2. The molecule has 0 spiro atoms. The fourth-order valence-corrected chi connectivity index (χ4v) is 2.29. The Morgan fingerprint density at radius 1 is 1.09 bits per heavy atom. The van der Waals surface area contributed by atoms with Crippen molar-refractivity contribution in [3.63, 3.8) is 0 Å². The van der Waals surface area contributed by atoms with E-state index in [9.17, 15) is 4.79 Å². The van der Waals surface area contributed by atoms with Crippen molar-refractivity contribution in [2.24, 2.45) is 0 Å². The number of benzene rings is 1. The topological polar surface area (TPSA) is 69.7 Å². The first-order valence-corrected chi connectivity index (χ1v) is 6.65. The van der Waals surface area contributed by atoms with Crippen molar-refractivity contribution in [3.8, 4) is 22.8 Å². The second-order valence-corrected chi connectivity index (χ2v) is 4.49. The van der Waals surface area contributed by atoms with E-state index in [1.807, 2.05) is 30.3 Å². The van der Waals surface area contributed by atoms with Gasteiger partial charge in [0.15, 0.2) is 5.75 Å². The summed E-state index contributed by atoms with van der Waals surface area (Å²) in [5.41, 5.74) is 4.66. The maximum absolute atomic E-state index is 12.4. The lowest BCUT2D eigenvalue weighted by atomic mass is 9.97. The van der Waals surface area contributed by atoms with Crippen molar-refractivity contribution in [2.75, 3.05) is 21.3 Å². The van der Waals surface area contributed by atoms with E-state index in [1.54, 1.807) is 6.92 Å². The zero-order chi connectivity index (χ0) is 16.1. The summed E-state index contributed by atoms with van der Waals surface area (Å²) in [5.74, 6) is 0.334. The van der Waals surface area contributed by atoms with Crippen LogP contribution in [-0.2, 0) is 4.84 Å². The fourth-order valence-electron chi connectivity index (χ4n) is 2.29. The third kappa shape index (κ3) is 2.87. The zero-order valence-electron chi connectivity index (χ0n) is 13.0. The average molecular weight is 302 g/mol. The molecule has 0 atom stereocenters. The van der Waals surface area contributed by atoms with Gasteiger partial charge < -0.3 is 9.47 Å². The van der Waals surface area contributed by atoms with Crippen LogP contribution in [0.4, 0.5) is 0 Å². The summed E-state index contributed by atoms with van der Waals surface area (Å²) in [5, 5.41) is 0. The number of hydrogen-bond acceptors (Lipinski definition) is 5. The number of methoxy groups -OCH3 is 2. The van der Waals surface area contributed by atoms with Gasteiger partial charge in [-0.1, -0.05) is 30.3 Å². The number of aromatic nitrogens is 1. The van der Waals surface area contributed by atoms with Crippen LogP contribution >= 0.6 is 0 Å². The lowest BCUT2D eigenvalue weighted by Crippen LogP contribution is -2.24. The van der Waals surface area contributed by atoms with E-state index in [0.717, 1.165) is 5.56 Å². The second kappa shape index (κ2) is 6.91. The van der Waals surface area contributed by atoms with Crippen LogP contribution in [0.3, 0.4) is 0 Å². The van der Waals surface area contributed by atoms with Gasteiger partial charge in [-0.05, 0) is 12.5 Å². The van der Waals surface area contributed by atoms with E-state index in [2.05, 4.69) is 10.5 Å². The van der Waals surface area contributed by atoms with Crippen molar-refractivity contribution in [3.05, 3.63) is 41.6 Å². The van der Waals surface area contributed by atoms with Crippen LogP contribution in [0.1, 0.15) is 16.1 Å². The van der Waals surface area contributed by atoms with Crippen molar-refractivity contribution >= 4 is 5.91 Å². The van der Waals surface area contributed by atoms with Crippen LogP contribution in [0.5, 0.6) is 11.6 Å². The first-order valence-electron chi connectivity index (χ1n) is 6.65. The first-order chi connectivity index (χ1) is 10.6. The summed E-state index contributed by atoms with van der Waals surface area (Å²) in [7, 11) is 4.40. The summed E-state index contributed by atoms with van der Waals surface area (Å²) in [6, 6.07) is 9.45. The minimum Gasteiger partial charge on any atom is -0.491 e. The molecule has 2 aromatic rings. The third-order valence-electron chi connectivity index (χ3n) is 3.18. The van der Waals surface area contributed by atoms with E-state index in [4.69, 9.17) is 14.3 Å². The van der Waals surface area contributed by atoms with Crippen molar-refractivity contribution in [1.29, 1.82) is 0 Å². The summed E-state index contributed by atoms with van der Waals surface area (Å²) in [6.45, 7) is 1.74. The Bertz CT molecular complexity index is 672. The average Bonchev–Trinajstić information content (AvgIpc) is 2.54. The first kappa shape index (κ1) is 15.8. The van der Waals surface area contributed by atoms with Gasteiger partial charge >= 0.3 is 0 Å². The molecule has 0 unspecified atom stereocenters. The zero-order valence-corrected chi connectivity index (χ0v) is 13.0. The molecule has 0 aliphatic heterocycles. The molecule has 0 aliphatic rings. The smallest absolute Gasteiger partial charge is 0.277 e. The predicted octanol–water partition coefficient (Wildman–Crippen LogP) is 2.37. The molecule has 6 heteroatoms. The summed E-state index contributed by atoms with van der Waals surface area (Å²) < 4.78 is 10.7. The number of amides is 1. The number of hydroxylamine groups is 1. The van der Waals surface area contributed by atoms with Crippen molar-refractivity contribution < 1.29 is 19.1 Å². The Morgan fingerprint density at radius 2 is 1.77 bits per heavy atom. The number of nitrogens with one attached hydrogen (secondary N) is 1. The number of rotatable bonds is 5. The number of aryl methyl sites for hydroxylation is 1. The Morgan fingerprint density at radius 3 is 2.32 bits per heavy atom. The molecular weight excluding hydrogens is 284 g/mol. The van der Waals surface area contributed by atoms with Crippen LogP contribution < -0.4 is 15.0 Å². The number of carbonyl (C=O) groups is 1. The van der Waals surface area contributed by atoms with Crippen molar-refractivity contribution in [2.45, 2.75) is 6.92 Å². The van der Waals surface area contributed by atoms with Gasteiger partial charge in [0.2, 0.25) is 0 Å². The molecule has 0 aliphatic carbocycles. The molecular formula is C16H18N2O4. The Labute approximate surface area is 129 Å². The van der Waals surface area contributed by atoms with Crippen LogP contribution in [-0.4, -0.2) is 32.2 Å². The molecule has 1 N–H and O–H groups in total. The standard InChI is InChI=1S/C16H18N2O4/c1-10-12(15(19)18-22-4)13(11-8-6-5-7-9-11)14(20-2)16(17-10)21-3/h5-9H,1-4H3,(H,18,19). The highest BCUT2D eigenvalue weighted by molar-refractivity contribution is 6.03. The van der Waals surface area contributed by atoms with E-state index in [-0.39, 0.29) is 0 Å². The highest BCUT2D eigenvalue weighted by atomic mass is 16.6. The van der Waals surface area contributed by atoms with Crippen molar-refractivity contribution in [1.82, 2.24) is 10.5 Å².